The Morgan fingerprint density at radius 1 is 1.31 bits per heavy atom. The molecule has 1 atom stereocenters. The minimum Gasteiger partial charge on any atom is -0.465 e. The Morgan fingerprint density at radius 3 is 2.38 bits per heavy atom. The largest absolute Gasteiger partial charge is 0.465 e. The van der Waals surface area contributed by atoms with Gasteiger partial charge in [0.05, 0.1) is 17.5 Å². The SMILES string of the molecule is COC(=O)c1cc(N)cc(C(=O)C(C)Br)c1. The lowest BCUT2D eigenvalue weighted by atomic mass is 10.0. The van der Waals surface area contributed by atoms with Crippen LogP contribution >= 0.6 is 15.9 Å². The van der Waals surface area contributed by atoms with E-state index in [2.05, 4.69) is 20.7 Å². The molecule has 86 valence electrons. The summed E-state index contributed by atoms with van der Waals surface area (Å²) in [5.41, 5.74) is 6.65. The summed E-state index contributed by atoms with van der Waals surface area (Å²) >= 11 is 3.17. The van der Waals surface area contributed by atoms with Gasteiger partial charge in [-0.2, -0.15) is 0 Å². The van der Waals surface area contributed by atoms with Crippen LogP contribution in [0.15, 0.2) is 18.2 Å². The van der Waals surface area contributed by atoms with Gasteiger partial charge in [-0.05, 0) is 25.1 Å². The van der Waals surface area contributed by atoms with E-state index in [4.69, 9.17) is 5.73 Å². The maximum Gasteiger partial charge on any atom is 0.337 e. The Labute approximate surface area is 102 Å². The number of rotatable bonds is 3. The number of carbonyl (C=O) groups excluding carboxylic acids is 2. The lowest BCUT2D eigenvalue weighted by Gasteiger charge is -2.06. The van der Waals surface area contributed by atoms with Crippen molar-refractivity contribution in [3.63, 3.8) is 0 Å². The van der Waals surface area contributed by atoms with Gasteiger partial charge >= 0.3 is 5.97 Å². The van der Waals surface area contributed by atoms with Gasteiger partial charge in [0.25, 0.3) is 0 Å². The summed E-state index contributed by atoms with van der Waals surface area (Å²) in [7, 11) is 1.28. The number of esters is 1. The van der Waals surface area contributed by atoms with Gasteiger partial charge in [-0.25, -0.2) is 4.79 Å². The fraction of sp³-hybridized carbons (Fsp3) is 0.273. The fourth-order valence-electron chi connectivity index (χ4n) is 1.26. The van der Waals surface area contributed by atoms with E-state index >= 15 is 0 Å². The predicted octanol–water partition coefficient (Wildman–Crippen LogP) is 2.02. The third kappa shape index (κ3) is 2.82. The van der Waals surface area contributed by atoms with Crippen molar-refractivity contribution in [3.05, 3.63) is 29.3 Å². The van der Waals surface area contributed by atoms with Crippen LogP contribution in [0.4, 0.5) is 5.69 Å². The Bertz CT molecular complexity index is 429. The van der Waals surface area contributed by atoms with E-state index in [1.807, 2.05) is 0 Å². The molecule has 0 aliphatic heterocycles. The molecular weight excluding hydrogens is 274 g/mol. The van der Waals surface area contributed by atoms with Crippen LogP contribution in [0, 0.1) is 0 Å². The number of ether oxygens (including phenoxy) is 1. The van der Waals surface area contributed by atoms with E-state index in [0.717, 1.165) is 0 Å². The molecule has 0 saturated heterocycles. The number of hydrogen-bond donors (Lipinski definition) is 1. The summed E-state index contributed by atoms with van der Waals surface area (Å²) in [6.07, 6.45) is 0. The summed E-state index contributed by atoms with van der Waals surface area (Å²) in [6.45, 7) is 1.71. The van der Waals surface area contributed by atoms with Crippen LogP contribution in [-0.4, -0.2) is 23.7 Å². The van der Waals surface area contributed by atoms with E-state index in [9.17, 15) is 9.59 Å². The van der Waals surface area contributed by atoms with Gasteiger partial charge in [-0.3, -0.25) is 4.79 Å². The highest BCUT2D eigenvalue weighted by Gasteiger charge is 2.15. The second-order valence-corrected chi connectivity index (χ2v) is 4.69. The van der Waals surface area contributed by atoms with Gasteiger partial charge in [0.15, 0.2) is 5.78 Å². The van der Waals surface area contributed by atoms with Crippen molar-refractivity contribution in [2.24, 2.45) is 0 Å². The summed E-state index contributed by atoms with van der Waals surface area (Å²) in [5.74, 6) is -0.638. The molecule has 1 aromatic rings. The standard InChI is InChI=1S/C11H12BrNO3/c1-6(12)10(14)7-3-8(11(15)16-2)5-9(13)4-7/h3-6H,13H2,1-2H3. The number of nitrogen functional groups attached to an aromatic ring is 1. The molecule has 1 unspecified atom stereocenters. The number of alkyl halides is 1. The molecule has 0 heterocycles. The molecule has 0 aliphatic carbocycles. The Morgan fingerprint density at radius 2 is 1.88 bits per heavy atom. The van der Waals surface area contributed by atoms with Gasteiger partial charge in [-0.1, -0.05) is 15.9 Å². The predicted molar refractivity (Wildman–Crippen MR) is 64.9 cm³/mol. The quantitative estimate of drug-likeness (QED) is 0.399. The topological polar surface area (TPSA) is 69.4 Å². The number of ketones is 1. The average Bonchev–Trinajstić information content (AvgIpc) is 2.25. The normalized spacial score (nSPS) is 11.9. The van der Waals surface area contributed by atoms with E-state index in [-0.39, 0.29) is 16.2 Å². The number of hydrogen-bond acceptors (Lipinski definition) is 4. The molecule has 4 nitrogen and oxygen atoms in total. The van der Waals surface area contributed by atoms with E-state index in [1.54, 1.807) is 6.92 Å². The van der Waals surface area contributed by atoms with E-state index < -0.39 is 5.97 Å². The molecule has 1 rings (SSSR count). The monoisotopic (exact) mass is 285 g/mol. The first-order valence-corrected chi connectivity index (χ1v) is 5.54. The molecule has 2 N–H and O–H groups in total. The number of nitrogens with two attached hydrogens (primary N) is 1. The Hall–Kier alpha value is -1.36. The van der Waals surface area contributed by atoms with Crippen LogP contribution < -0.4 is 5.73 Å². The lowest BCUT2D eigenvalue weighted by molar-refractivity contribution is 0.0601. The summed E-state index contributed by atoms with van der Waals surface area (Å²) in [6, 6.07) is 4.48. The third-order valence-electron chi connectivity index (χ3n) is 2.02. The molecule has 0 amide bonds. The zero-order valence-corrected chi connectivity index (χ0v) is 10.6. The number of methoxy groups -OCH3 is 1. The van der Waals surface area contributed by atoms with E-state index in [1.165, 1.54) is 25.3 Å². The van der Waals surface area contributed by atoms with Crippen molar-refractivity contribution in [3.8, 4) is 0 Å². The second kappa shape index (κ2) is 5.12. The lowest BCUT2D eigenvalue weighted by Crippen LogP contribution is -2.12. The number of carbonyl (C=O) groups is 2. The first-order chi connectivity index (χ1) is 7.45. The highest BCUT2D eigenvalue weighted by Crippen LogP contribution is 2.16. The molecule has 0 fully saturated rings. The molecular formula is C11H12BrNO3. The molecule has 0 radical (unpaired) electrons. The molecule has 0 spiro atoms. The minimum atomic E-state index is -0.511. The van der Waals surface area contributed by atoms with Gasteiger partial charge in [0, 0.05) is 11.3 Å². The summed E-state index contributed by atoms with van der Waals surface area (Å²) in [4.78, 5) is 22.7. The van der Waals surface area contributed by atoms with Crippen LogP contribution in [0.2, 0.25) is 0 Å². The smallest absolute Gasteiger partial charge is 0.337 e. The van der Waals surface area contributed by atoms with Crippen molar-refractivity contribution < 1.29 is 14.3 Å². The average molecular weight is 286 g/mol. The van der Waals surface area contributed by atoms with Crippen molar-refractivity contribution in [2.45, 2.75) is 11.8 Å². The maximum absolute atomic E-state index is 11.7. The molecule has 1 aromatic carbocycles. The van der Waals surface area contributed by atoms with E-state index in [0.29, 0.717) is 11.3 Å². The molecule has 0 aliphatic rings. The summed E-state index contributed by atoms with van der Waals surface area (Å²) < 4.78 is 4.57. The highest BCUT2D eigenvalue weighted by atomic mass is 79.9. The Kier molecular flexibility index (Phi) is 4.06. The number of Topliss-reactive ketones (excluding diaryl/α,β-unsaturated/α-hetero) is 1. The second-order valence-electron chi connectivity index (χ2n) is 3.32. The first kappa shape index (κ1) is 12.7. The van der Waals surface area contributed by atoms with Crippen molar-refractivity contribution in [1.82, 2.24) is 0 Å². The van der Waals surface area contributed by atoms with Crippen LogP contribution in [0.1, 0.15) is 27.6 Å². The van der Waals surface area contributed by atoms with Crippen molar-refractivity contribution >= 4 is 33.4 Å². The zero-order chi connectivity index (χ0) is 12.3. The molecule has 16 heavy (non-hydrogen) atoms. The fourth-order valence-corrected chi connectivity index (χ4v) is 1.52. The van der Waals surface area contributed by atoms with Crippen molar-refractivity contribution in [2.75, 3.05) is 12.8 Å². The number of anilines is 1. The van der Waals surface area contributed by atoms with Crippen molar-refractivity contribution in [1.29, 1.82) is 0 Å². The number of benzene rings is 1. The first-order valence-electron chi connectivity index (χ1n) is 4.63. The summed E-state index contributed by atoms with van der Waals surface area (Å²) in [5, 5.41) is 0. The van der Waals surface area contributed by atoms with Gasteiger partial charge in [0.1, 0.15) is 0 Å². The minimum absolute atomic E-state index is 0.127. The van der Waals surface area contributed by atoms with Gasteiger partial charge in [-0.15, -0.1) is 0 Å². The molecule has 0 saturated carbocycles. The van der Waals surface area contributed by atoms with Gasteiger partial charge in [0.2, 0.25) is 0 Å². The van der Waals surface area contributed by atoms with Crippen LogP contribution in [0.25, 0.3) is 0 Å². The number of halogens is 1. The molecule has 0 bridgehead atoms. The highest BCUT2D eigenvalue weighted by molar-refractivity contribution is 9.10. The maximum atomic E-state index is 11.7. The van der Waals surface area contributed by atoms with Crippen LogP contribution in [0.5, 0.6) is 0 Å². The van der Waals surface area contributed by atoms with Crippen LogP contribution in [-0.2, 0) is 4.74 Å². The van der Waals surface area contributed by atoms with Gasteiger partial charge < -0.3 is 10.5 Å². The third-order valence-corrected chi connectivity index (χ3v) is 2.44. The molecule has 5 heteroatoms. The molecule has 0 aromatic heterocycles. The zero-order valence-electron chi connectivity index (χ0n) is 8.99. The Balaban J connectivity index is 3.18. The van der Waals surface area contributed by atoms with Crippen LogP contribution in [0.3, 0.4) is 0 Å².